The Bertz CT molecular complexity index is 379. The molecular formula is C11H12Cl3NO. The Hall–Kier alpha value is -0.410. The van der Waals surface area contributed by atoms with Gasteiger partial charge < -0.3 is 10.5 Å². The van der Waals surface area contributed by atoms with Crippen molar-refractivity contribution in [3.05, 3.63) is 39.4 Å². The zero-order chi connectivity index (χ0) is 12.0. The summed E-state index contributed by atoms with van der Waals surface area (Å²) in [4.78, 5) is 0. The lowest BCUT2D eigenvalue weighted by Gasteiger charge is -2.08. The molecule has 1 aromatic carbocycles. The molecular weight excluding hydrogens is 268 g/mol. The molecule has 16 heavy (non-hydrogen) atoms. The van der Waals surface area contributed by atoms with E-state index in [0.717, 1.165) is 12.0 Å². The van der Waals surface area contributed by atoms with Crippen LogP contribution in [0.1, 0.15) is 5.56 Å². The van der Waals surface area contributed by atoms with E-state index < -0.39 is 0 Å². The van der Waals surface area contributed by atoms with E-state index in [1.165, 1.54) is 5.54 Å². The van der Waals surface area contributed by atoms with Crippen molar-refractivity contribution in [2.24, 2.45) is 5.73 Å². The van der Waals surface area contributed by atoms with E-state index in [1.807, 2.05) is 12.1 Å². The monoisotopic (exact) mass is 279 g/mol. The number of rotatable bonds is 5. The van der Waals surface area contributed by atoms with Crippen LogP contribution in [0.2, 0.25) is 5.02 Å². The number of hydrogen-bond donors (Lipinski definition) is 1. The van der Waals surface area contributed by atoms with Gasteiger partial charge in [-0.2, -0.15) is 0 Å². The van der Waals surface area contributed by atoms with Crippen molar-refractivity contribution in [2.45, 2.75) is 6.42 Å². The average molecular weight is 281 g/mol. The van der Waals surface area contributed by atoms with Crippen molar-refractivity contribution in [1.82, 2.24) is 0 Å². The van der Waals surface area contributed by atoms with Crippen molar-refractivity contribution < 1.29 is 4.74 Å². The summed E-state index contributed by atoms with van der Waals surface area (Å²) in [5, 5.41) is 0.966. The third-order valence-corrected chi connectivity index (χ3v) is 2.80. The van der Waals surface area contributed by atoms with Gasteiger partial charge in [-0.15, -0.1) is 0 Å². The van der Waals surface area contributed by atoms with E-state index >= 15 is 0 Å². The summed E-state index contributed by atoms with van der Waals surface area (Å²) in [6, 6.07) is 5.56. The van der Waals surface area contributed by atoms with Crippen LogP contribution in [0.15, 0.2) is 28.8 Å². The summed E-state index contributed by atoms with van der Waals surface area (Å²) in [6.07, 6.45) is 0.794. The Morgan fingerprint density at radius 1 is 1.44 bits per heavy atom. The summed E-state index contributed by atoms with van der Waals surface area (Å²) in [6.45, 7) is 0.804. The fourth-order valence-electron chi connectivity index (χ4n) is 1.16. The highest BCUT2D eigenvalue weighted by Crippen LogP contribution is 2.26. The van der Waals surface area contributed by atoms with E-state index in [1.54, 1.807) is 6.07 Å². The molecule has 2 N–H and O–H groups in total. The Balaban J connectivity index is 2.67. The summed E-state index contributed by atoms with van der Waals surface area (Å²) in [5.74, 6) is 0.583. The van der Waals surface area contributed by atoms with Crippen LogP contribution in [0.25, 0.3) is 0 Å². The van der Waals surface area contributed by atoms with Gasteiger partial charge in [0.2, 0.25) is 0 Å². The van der Waals surface area contributed by atoms with Crippen LogP contribution in [0, 0.1) is 0 Å². The minimum atomic E-state index is 0.209. The molecule has 0 unspecified atom stereocenters. The molecule has 0 spiro atoms. The first kappa shape index (κ1) is 13.7. The van der Waals surface area contributed by atoms with Gasteiger partial charge in [-0.1, -0.05) is 40.9 Å². The topological polar surface area (TPSA) is 35.2 Å². The molecule has 5 heteroatoms. The largest absolute Gasteiger partial charge is 0.486 e. The van der Waals surface area contributed by atoms with Crippen molar-refractivity contribution in [1.29, 1.82) is 0 Å². The van der Waals surface area contributed by atoms with Gasteiger partial charge in [0.1, 0.15) is 12.4 Å². The molecule has 0 saturated heterocycles. The predicted molar refractivity (Wildman–Crippen MR) is 69.5 cm³/mol. The van der Waals surface area contributed by atoms with Crippen LogP contribution in [0.3, 0.4) is 0 Å². The van der Waals surface area contributed by atoms with E-state index in [0.29, 0.717) is 22.3 Å². The van der Waals surface area contributed by atoms with Gasteiger partial charge in [-0.25, -0.2) is 0 Å². The fraction of sp³-hybridized carbons (Fsp3) is 0.273. The van der Waals surface area contributed by atoms with Crippen LogP contribution in [0.5, 0.6) is 5.75 Å². The zero-order valence-electron chi connectivity index (χ0n) is 8.55. The second-order valence-corrected chi connectivity index (χ2v) is 4.26. The van der Waals surface area contributed by atoms with Crippen LogP contribution in [-0.2, 0) is 6.42 Å². The molecule has 0 aliphatic rings. The van der Waals surface area contributed by atoms with E-state index in [4.69, 9.17) is 45.3 Å². The van der Waals surface area contributed by atoms with Crippen LogP contribution < -0.4 is 10.5 Å². The van der Waals surface area contributed by atoms with Crippen molar-refractivity contribution in [3.63, 3.8) is 0 Å². The maximum Gasteiger partial charge on any atom is 0.138 e. The smallest absolute Gasteiger partial charge is 0.138 e. The minimum absolute atomic E-state index is 0.209. The SMILES string of the molecule is NCCc1ccc(OCC(Cl)=CCl)c(Cl)c1. The summed E-state index contributed by atoms with van der Waals surface area (Å²) in [5.41, 5.74) is 7.80. The van der Waals surface area contributed by atoms with Crippen molar-refractivity contribution >= 4 is 34.8 Å². The quantitative estimate of drug-likeness (QED) is 0.895. The molecule has 1 rings (SSSR count). The highest BCUT2D eigenvalue weighted by molar-refractivity contribution is 6.36. The van der Waals surface area contributed by atoms with Gasteiger partial charge in [0.05, 0.1) is 10.1 Å². The minimum Gasteiger partial charge on any atom is -0.486 e. The third kappa shape index (κ3) is 4.22. The van der Waals surface area contributed by atoms with Crippen LogP contribution in [0.4, 0.5) is 0 Å². The lowest BCUT2D eigenvalue weighted by Crippen LogP contribution is -2.03. The molecule has 0 atom stereocenters. The normalized spacial score (nSPS) is 11.6. The van der Waals surface area contributed by atoms with Gasteiger partial charge in [0.15, 0.2) is 0 Å². The predicted octanol–water partition coefficient (Wildman–Crippen LogP) is 3.54. The van der Waals surface area contributed by atoms with Gasteiger partial charge in [0, 0.05) is 5.54 Å². The molecule has 0 aliphatic heterocycles. The number of benzene rings is 1. The molecule has 0 aromatic heterocycles. The number of nitrogens with two attached hydrogens (primary N) is 1. The van der Waals surface area contributed by atoms with Gasteiger partial charge in [-0.3, -0.25) is 0 Å². The van der Waals surface area contributed by atoms with Gasteiger partial charge >= 0.3 is 0 Å². The number of halogens is 3. The number of ether oxygens (including phenoxy) is 1. The lowest BCUT2D eigenvalue weighted by atomic mass is 10.1. The first-order valence-corrected chi connectivity index (χ1v) is 5.92. The summed E-state index contributed by atoms with van der Waals surface area (Å²) in [7, 11) is 0. The summed E-state index contributed by atoms with van der Waals surface area (Å²) >= 11 is 17.1. The first-order valence-electron chi connectivity index (χ1n) is 4.73. The molecule has 0 fully saturated rings. The molecule has 2 nitrogen and oxygen atoms in total. The average Bonchev–Trinajstić information content (AvgIpc) is 2.28. The second-order valence-electron chi connectivity index (χ2n) is 3.15. The Morgan fingerprint density at radius 3 is 2.75 bits per heavy atom. The van der Waals surface area contributed by atoms with E-state index in [-0.39, 0.29) is 6.61 Å². The molecule has 1 aromatic rings. The van der Waals surface area contributed by atoms with Gasteiger partial charge in [0.25, 0.3) is 0 Å². The molecule has 0 radical (unpaired) electrons. The highest BCUT2D eigenvalue weighted by Gasteiger charge is 2.03. The zero-order valence-corrected chi connectivity index (χ0v) is 10.8. The lowest BCUT2D eigenvalue weighted by molar-refractivity contribution is 0.359. The van der Waals surface area contributed by atoms with E-state index in [2.05, 4.69) is 0 Å². The number of hydrogen-bond acceptors (Lipinski definition) is 2. The van der Waals surface area contributed by atoms with E-state index in [9.17, 15) is 0 Å². The first-order chi connectivity index (χ1) is 7.67. The van der Waals surface area contributed by atoms with Gasteiger partial charge in [-0.05, 0) is 30.7 Å². The molecule has 0 aliphatic carbocycles. The van der Waals surface area contributed by atoms with Crippen LogP contribution in [-0.4, -0.2) is 13.2 Å². The standard InChI is InChI=1S/C11H12Cl3NO/c12-6-9(13)7-16-11-2-1-8(3-4-15)5-10(11)14/h1-2,5-6H,3-4,7,15H2. The Morgan fingerprint density at radius 2 is 2.19 bits per heavy atom. The molecule has 88 valence electrons. The Kier molecular flexibility index (Phi) is 5.99. The fourth-order valence-corrected chi connectivity index (χ4v) is 1.54. The van der Waals surface area contributed by atoms with Crippen molar-refractivity contribution in [2.75, 3.05) is 13.2 Å². The van der Waals surface area contributed by atoms with Crippen molar-refractivity contribution in [3.8, 4) is 5.75 Å². The molecule has 0 bridgehead atoms. The third-order valence-electron chi connectivity index (χ3n) is 1.91. The Labute approximate surface area is 110 Å². The molecule has 0 heterocycles. The van der Waals surface area contributed by atoms with Crippen LogP contribution >= 0.6 is 34.8 Å². The highest BCUT2D eigenvalue weighted by atomic mass is 35.5. The molecule has 0 saturated carbocycles. The molecule has 0 amide bonds. The maximum atomic E-state index is 6.03. The summed E-state index contributed by atoms with van der Waals surface area (Å²) < 4.78 is 5.37. The maximum absolute atomic E-state index is 6.03. The second kappa shape index (κ2) is 7.02.